The third-order valence-corrected chi connectivity index (χ3v) is 3.36. The van der Waals surface area contributed by atoms with Gasteiger partial charge >= 0.3 is 0 Å². The van der Waals surface area contributed by atoms with E-state index in [0.29, 0.717) is 11.6 Å². The molecule has 19 heavy (non-hydrogen) atoms. The van der Waals surface area contributed by atoms with Crippen molar-refractivity contribution in [3.63, 3.8) is 0 Å². The Morgan fingerprint density at radius 1 is 1.42 bits per heavy atom. The summed E-state index contributed by atoms with van der Waals surface area (Å²) in [6, 6.07) is 7.62. The van der Waals surface area contributed by atoms with E-state index in [2.05, 4.69) is 15.5 Å². The number of tetrazole rings is 1. The van der Waals surface area contributed by atoms with Crippen molar-refractivity contribution in [1.82, 2.24) is 20.2 Å². The van der Waals surface area contributed by atoms with Gasteiger partial charge in [-0.15, -0.1) is 5.10 Å². The Morgan fingerprint density at radius 3 is 3.16 bits per heavy atom. The Morgan fingerprint density at radius 2 is 2.37 bits per heavy atom. The van der Waals surface area contributed by atoms with Crippen molar-refractivity contribution in [3.05, 3.63) is 24.3 Å². The molecular weight excluding hydrogens is 242 g/mol. The molecule has 0 saturated carbocycles. The quantitative estimate of drug-likeness (QED) is 0.842. The monoisotopic (exact) mass is 259 g/mol. The molecule has 0 aliphatic carbocycles. The van der Waals surface area contributed by atoms with E-state index in [0.717, 1.165) is 44.0 Å². The van der Waals surface area contributed by atoms with E-state index in [9.17, 15) is 0 Å². The van der Waals surface area contributed by atoms with Gasteiger partial charge in [0.25, 0.3) is 0 Å². The Hall–Kier alpha value is -1.95. The van der Waals surface area contributed by atoms with Gasteiger partial charge in [-0.2, -0.15) is 0 Å². The number of ether oxygens (including phenoxy) is 1. The van der Waals surface area contributed by atoms with Crippen molar-refractivity contribution in [1.29, 1.82) is 0 Å². The Kier molecular flexibility index (Phi) is 3.41. The maximum absolute atomic E-state index is 5.80. The van der Waals surface area contributed by atoms with Crippen LogP contribution in [0.4, 0.5) is 5.69 Å². The predicted molar refractivity (Wildman–Crippen MR) is 71.2 cm³/mol. The fourth-order valence-corrected chi connectivity index (χ4v) is 2.41. The SMILES string of the molecule is Nc1cccc(-c2nnnn2CC2CCCOC2)c1. The molecule has 1 saturated heterocycles. The number of rotatable bonds is 3. The van der Waals surface area contributed by atoms with Crippen molar-refractivity contribution in [3.8, 4) is 11.4 Å². The first-order chi connectivity index (χ1) is 9.33. The van der Waals surface area contributed by atoms with Crippen LogP contribution < -0.4 is 5.73 Å². The van der Waals surface area contributed by atoms with Crippen LogP contribution in [-0.4, -0.2) is 33.4 Å². The van der Waals surface area contributed by atoms with Crippen molar-refractivity contribution < 1.29 is 4.74 Å². The molecule has 0 radical (unpaired) electrons. The molecule has 6 nitrogen and oxygen atoms in total. The zero-order valence-electron chi connectivity index (χ0n) is 10.7. The highest BCUT2D eigenvalue weighted by Gasteiger charge is 2.18. The summed E-state index contributed by atoms with van der Waals surface area (Å²) >= 11 is 0. The lowest BCUT2D eigenvalue weighted by Crippen LogP contribution is -2.23. The smallest absolute Gasteiger partial charge is 0.182 e. The van der Waals surface area contributed by atoms with Gasteiger partial charge in [0, 0.05) is 23.8 Å². The third kappa shape index (κ3) is 2.73. The van der Waals surface area contributed by atoms with Crippen molar-refractivity contribution in [2.75, 3.05) is 18.9 Å². The molecule has 1 aromatic heterocycles. The molecule has 1 aliphatic rings. The number of nitrogen functional groups attached to an aromatic ring is 1. The predicted octanol–water partition coefficient (Wildman–Crippen LogP) is 1.35. The van der Waals surface area contributed by atoms with Gasteiger partial charge in [-0.1, -0.05) is 12.1 Å². The van der Waals surface area contributed by atoms with E-state index < -0.39 is 0 Å². The maximum Gasteiger partial charge on any atom is 0.182 e. The molecule has 2 heterocycles. The van der Waals surface area contributed by atoms with Crippen molar-refractivity contribution in [2.45, 2.75) is 19.4 Å². The number of nitrogens with two attached hydrogens (primary N) is 1. The van der Waals surface area contributed by atoms with Crippen molar-refractivity contribution >= 4 is 5.69 Å². The molecule has 2 aromatic rings. The number of nitrogens with zero attached hydrogens (tertiary/aromatic N) is 4. The van der Waals surface area contributed by atoms with E-state index >= 15 is 0 Å². The first-order valence-electron chi connectivity index (χ1n) is 6.53. The van der Waals surface area contributed by atoms with E-state index in [1.54, 1.807) is 0 Å². The molecular formula is C13H17N5O. The number of benzene rings is 1. The highest BCUT2D eigenvalue weighted by atomic mass is 16.5. The zero-order valence-corrected chi connectivity index (χ0v) is 10.7. The van der Waals surface area contributed by atoms with Crippen molar-refractivity contribution in [2.24, 2.45) is 5.92 Å². The average Bonchev–Trinajstić information content (AvgIpc) is 2.88. The second kappa shape index (κ2) is 5.36. The minimum Gasteiger partial charge on any atom is -0.399 e. The Balaban J connectivity index is 1.81. The van der Waals surface area contributed by atoms with Gasteiger partial charge < -0.3 is 10.5 Å². The molecule has 2 N–H and O–H groups in total. The minimum absolute atomic E-state index is 0.483. The fourth-order valence-electron chi connectivity index (χ4n) is 2.41. The summed E-state index contributed by atoms with van der Waals surface area (Å²) in [5.41, 5.74) is 7.46. The normalized spacial score (nSPS) is 19.5. The average molecular weight is 259 g/mol. The summed E-state index contributed by atoms with van der Waals surface area (Å²) in [5, 5.41) is 11.9. The molecule has 0 bridgehead atoms. The standard InChI is InChI=1S/C13H17N5O/c14-12-5-1-4-11(7-12)13-15-16-17-18(13)8-10-3-2-6-19-9-10/h1,4-5,7,10H,2-3,6,8-9,14H2. The van der Waals surface area contributed by atoms with Gasteiger partial charge in [0.1, 0.15) is 0 Å². The van der Waals surface area contributed by atoms with Crippen LogP contribution in [0, 0.1) is 5.92 Å². The molecule has 0 amide bonds. The maximum atomic E-state index is 5.80. The molecule has 6 heteroatoms. The molecule has 0 spiro atoms. The van der Waals surface area contributed by atoms with Gasteiger partial charge in [0.15, 0.2) is 5.82 Å². The summed E-state index contributed by atoms with van der Waals surface area (Å²) < 4.78 is 7.34. The first kappa shape index (κ1) is 12.1. The summed E-state index contributed by atoms with van der Waals surface area (Å²) in [5.74, 6) is 1.25. The lowest BCUT2D eigenvalue weighted by atomic mass is 10.0. The van der Waals surface area contributed by atoms with E-state index in [1.807, 2.05) is 28.9 Å². The summed E-state index contributed by atoms with van der Waals surface area (Å²) in [6.45, 7) is 2.45. The van der Waals surface area contributed by atoms with Crippen LogP contribution in [0.5, 0.6) is 0 Å². The highest BCUT2D eigenvalue weighted by molar-refractivity contribution is 5.60. The first-order valence-corrected chi connectivity index (χ1v) is 6.53. The van der Waals surface area contributed by atoms with E-state index in [1.165, 1.54) is 0 Å². The Labute approximate surface area is 111 Å². The molecule has 1 aliphatic heterocycles. The van der Waals surface area contributed by atoms with Crippen LogP contribution >= 0.6 is 0 Å². The van der Waals surface area contributed by atoms with Gasteiger partial charge in [0.05, 0.1) is 13.2 Å². The van der Waals surface area contributed by atoms with Crippen LogP contribution in [0.15, 0.2) is 24.3 Å². The van der Waals surface area contributed by atoms with Crippen LogP contribution in [0.1, 0.15) is 12.8 Å². The number of anilines is 1. The Bertz CT molecular complexity index is 547. The van der Waals surface area contributed by atoms with Crippen LogP contribution in [-0.2, 0) is 11.3 Å². The number of hydrogen-bond donors (Lipinski definition) is 1. The molecule has 100 valence electrons. The van der Waals surface area contributed by atoms with Gasteiger partial charge in [-0.3, -0.25) is 0 Å². The topological polar surface area (TPSA) is 78.9 Å². The van der Waals surface area contributed by atoms with Crippen LogP contribution in [0.3, 0.4) is 0 Å². The summed E-state index contributed by atoms with van der Waals surface area (Å²) in [4.78, 5) is 0. The zero-order chi connectivity index (χ0) is 13.1. The number of hydrogen-bond acceptors (Lipinski definition) is 5. The number of aromatic nitrogens is 4. The third-order valence-electron chi connectivity index (χ3n) is 3.36. The molecule has 3 rings (SSSR count). The lowest BCUT2D eigenvalue weighted by Gasteiger charge is -2.21. The van der Waals surface area contributed by atoms with Gasteiger partial charge in [0.2, 0.25) is 0 Å². The summed E-state index contributed by atoms with van der Waals surface area (Å²) in [6.07, 6.45) is 2.27. The molecule has 1 atom stereocenters. The largest absolute Gasteiger partial charge is 0.399 e. The molecule has 1 unspecified atom stereocenters. The van der Waals surface area contributed by atoms with E-state index in [4.69, 9.17) is 10.5 Å². The summed E-state index contributed by atoms with van der Waals surface area (Å²) in [7, 11) is 0. The fraction of sp³-hybridized carbons (Fsp3) is 0.462. The highest BCUT2D eigenvalue weighted by Crippen LogP contribution is 2.21. The minimum atomic E-state index is 0.483. The van der Waals surface area contributed by atoms with Gasteiger partial charge in [-0.25, -0.2) is 4.68 Å². The van der Waals surface area contributed by atoms with Gasteiger partial charge in [-0.05, 0) is 35.4 Å². The molecule has 1 fully saturated rings. The van der Waals surface area contributed by atoms with E-state index in [-0.39, 0.29) is 0 Å². The second-order valence-corrected chi connectivity index (χ2v) is 4.89. The lowest BCUT2D eigenvalue weighted by molar-refractivity contribution is 0.0470. The molecule has 1 aromatic carbocycles. The second-order valence-electron chi connectivity index (χ2n) is 4.89. The van der Waals surface area contributed by atoms with Crippen LogP contribution in [0.2, 0.25) is 0 Å². The van der Waals surface area contributed by atoms with Crippen LogP contribution in [0.25, 0.3) is 11.4 Å².